The Balaban J connectivity index is 1.45. The molecular weight excluding hydrogens is 461 g/mol. The lowest BCUT2D eigenvalue weighted by atomic mass is 10.0. The number of benzene rings is 3. The Morgan fingerprint density at radius 3 is 2.61 bits per heavy atom. The molecule has 0 spiro atoms. The van der Waals surface area contributed by atoms with Crippen molar-refractivity contribution >= 4 is 35.0 Å². The fourth-order valence-electron chi connectivity index (χ4n) is 3.45. The molecule has 1 amide bonds. The zero-order valence-electron chi connectivity index (χ0n) is 17.2. The number of fused-ring (bicyclic) bond motifs is 2. The summed E-state index contributed by atoms with van der Waals surface area (Å²) in [5.74, 6) is 1.16. The van der Waals surface area contributed by atoms with Gasteiger partial charge in [-0.2, -0.15) is 4.98 Å². The molecular formula is C25H17ClFN3O2S. The lowest BCUT2D eigenvalue weighted by Crippen LogP contribution is -2.15. The van der Waals surface area contributed by atoms with Crippen molar-refractivity contribution in [1.29, 1.82) is 0 Å². The molecule has 33 heavy (non-hydrogen) atoms. The van der Waals surface area contributed by atoms with Gasteiger partial charge >= 0.3 is 0 Å². The summed E-state index contributed by atoms with van der Waals surface area (Å²) in [7, 11) is 0. The minimum atomic E-state index is -0.340. The van der Waals surface area contributed by atoms with Crippen molar-refractivity contribution in [2.24, 2.45) is 0 Å². The number of para-hydroxylation sites is 2. The highest BCUT2D eigenvalue weighted by Gasteiger charge is 2.24. The van der Waals surface area contributed by atoms with Gasteiger partial charge in [0.05, 0.1) is 22.0 Å². The molecule has 1 N–H and O–H groups in total. The van der Waals surface area contributed by atoms with Crippen molar-refractivity contribution in [2.75, 3.05) is 11.1 Å². The number of halogens is 2. The lowest BCUT2D eigenvalue weighted by Gasteiger charge is -2.21. The van der Waals surface area contributed by atoms with Crippen molar-refractivity contribution in [1.82, 2.24) is 9.97 Å². The van der Waals surface area contributed by atoms with E-state index in [1.807, 2.05) is 24.3 Å². The van der Waals surface area contributed by atoms with Crippen molar-refractivity contribution in [2.45, 2.75) is 11.4 Å². The quantitative estimate of drug-likeness (QED) is 0.235. The number of hydrogen-bond donors (Lipinski definition) is 1. The SMILES string of the molecule is O=C(CSc1nc(-c2ccc(F)cc2)nc2c1Cc1ccccc1O2)Nc1ccccc1Cl. The molecule has 1 aliphatic heterocycles. The number of carbonyl (C=O) groups is 1. The van der Waals surface area contributed by atoms with Crippen molar-refractivity contribution in [3.63, 3.8) is 0 Å². The van der Waals surface area contributed by atoms with E-state index < -0.39 is 0 Å². The Morgan fingerprint density at radius 1 is 1.03 bits per heavy atom. The number of thioether (sulfide) groups is 1. The number of anilines is 1. The van der Waals surface area contributed by atoms with Gasteiger partial charge in [-0.1, -0.05) is 53.7 Å². The Morgan fingerprint density at radius 2 is 1.79 bits per heavy atom. The zero-order chi connectivity index (χ0) is 22.8. The number of aromatic nitrogens is 2. The molecule has 2 heterocycles. The van der Waals surface area contributed by atoms with Crippen LogP contribution in [-0.2, 0) is 11.2 Å². The van der Waals surface area contributed by atoms with Crippen molar-refractivity contribution < 1.29 is 13.9 Å². The summed E-state index contributed by atoms with van der Waals surface area (Å²) in [6.07, 6.45) is 0.587. The molecule has 0 saturated carbocycles. The number of rotatable bonds is 5. The Labute approximate surface area is 199 Å². The summed E-state index contributed by atoms with van der Waals surface area (Å²) in [6, 6.07) is 20.8. The predicted molar refractivity (Wildman–Crippen MR) is 128 cm³/mol. The molecule has 5 rings (SSSR count). The van der Waals surface area contributed by atoms with Crippen LogP contribution in [0.3, 0.4) is 0 Å². The van der Waals surface area contributed by atoms with Crippen LogP contribution in [0.5, 0.6) is 11.6 Å². The molecule has 1 aromatic heterocycles. The monoisotopic (exact) mass is 477 g/mol. The highest BCUT2D eigenvalue weighted by Crippen LogP contribution is 2.40. The average Bonchev–Trinajstić information content (AvgIpc) is 2.83. The summed E-state index contributed by atoms with van der Waals surface area (Å²) in [6.45, 7) is 0. The minimum absolute atomic E-state index is 0.124. The molecule has 0 unspecified atom stereocenters. The first-order valence-corrected chi connectivity index (χ1v) is 11.5. The number of amides is 1. The summed E-state index contributed by atoms with van der Waals surface area (Å²) in [5, 5.41) is 3.93. The average molecular weight is 478 g/mol. The molecule has 1 aliphatic rings. The standard InChI is InChI=1S/C25H17ClFN3O2S/c26-19-6-2-3-7-20(19)28-22(31)14-33-25-18-13-16-5-1-4-8-21(16)32-24(18)29-23(30-25)15-9-11-17(27)12-10-15/h1-12H,13-14H2,(H,28,31). The van der Waals surface area contributed by atoms with E-state index in [1.54, 1.807) is 36.4 Å². The van der Waals surface area contributed by atoms with Gasteiger partial charge in [0.2, 0.25) is 11.8 Å². The van der Waals surface area contributed by atoms with E-state index in [2.05, 4.69) is 10.3 Å². The van der Waals surface area contributed by atoms with Crippen LogP contribution in [0, 0.1) is 5.82 Å². The molecule has 0 bridgehead atoms. The van der Waals surface area contributed by atoms with Gasteiger partial charge in [-0.05, 0) is 48.0 Å². The van der Waals surface area contributed by atoms with E-state index in [-0.39, 0.29) is 17.5 Å². The second kappa shape index (κ2) is 9.21. The largest absolute Gasteiger partial charge is 0.438 e. The van der Waals surface area contributed by atoms with E-state index >= 15 is 0 Å². The fourth-order valence-corrected chi connectivity index (χ4v) is 4.46. The molecule has 0 radical (unpaired) electrons. The van der Waals surface area contributed by atoms with Gasteiger partial charge in [-0.15, -0.1) is 0 Å². The third-order valence-electron chi connectivity index (χ3n) is 5.07. The predicted octanol–water partition coefficient (Wildman–Crippen LogP) is 6.36. The molecule has 4 aromatic rings. The number of hydrogen-bond acceptors (Lipinski definition) is 5. The van der Waals surface area contributed by atoms with Crippen molar-refractivity contribution in [3.8, 4) is 23.0 Å². The molecule has 0 atom stereocenters. The van der Waals surface area contributed by atoms with Gasteiger partial charge in [0, 0.05) is 12.0 Å². The molecule has 0 fully saturated rings. The molecule has 0 saturated heterocycles. The Hall–Kier alpha value is -3.42. The second-order valence-corrected chi connectivity index (χ2v) is 8.72. The van der Waals surface area contributed by atoms with Gasteiger partial charge < -0.3 is 10.1 Å². The topological polar surface area (TPSA) is 64.1 Å². The Kier molecular flexibility index (Phi) is 5.98. The highest BCUT2D eigenvalue weighted by molar-refractivity contribution is 8.00. The first-order chi connectivity index (χ1) is 16.1. The van der Waals surface area contributed by atoms with Gasteiger partial charge in [0.25, 0.3) is 0 Å². The molecule has 8 heteroatoms. The minimum Gasteiger partial charge on any atom is -0.438 e. The molecule has 164 valence electrons. The van der Waals surface area contributed by atoms with Crippen molar-refractivity contribution in [3.05, 3.63) is 94.8 Å². The summed E-state index contributed by atoms with van der Waals surface area (Å²) >= 11 is 7.44. The Bertz CT molecular complexity index is 1350. The number of ether oxygens (including phenoxy) is 1. The first-order valence-electron chi connectivity index (χ1n) is 10.2. The zero-order valence-corrected chi connectivity index (χ0v) is 18.8. The van der Waals surface area contributed by atoms with Gasteiger partial charge in [0.1, 0.15) is 16.6 Å². The molecule has 0 aliphatic carbocycles. The number of nitrogens with zero attached hydrogens (tertiary/aromatic N) is 2. The van der Waals surface area contributed by atoms with Crippen LogP contribution in [0.4, 0.5) is 10.1 Å². The summed E-state index contributed by atoms with van der Waals surface area (Å²) in [5.41, 5.74) is 3.04. The number of nitrogens with one attached hydrogen (secondary N) is 1. The maximum absolute atomic E-state index is 13.4. The van der Waals surface area contributed by atoms with E-state index in [0.29, 0.717) is 39.4 Å². The van der Waals surface area contributed by atoms with Crippen LogP contribution in [0.1, 0.15) is 11.1 Å². The van der Waals surface area contributed by atoms with Crippen LogP contribution in [0.15, 0.2) is 77.8 Å². The molecule has 5 nitrogen and oxygen atoms in total. The smallest absolute Gasteiger partial charge is 0.234 e. The van der Waals surface area contributed by atoms with Crippen LogP contribution in [0.2, 0.25) is 5.02 Å². The van der Waals surface area contributed by atoms with Crippen LogP contribution >= 0.6 is 23.4 Å². The van der Waals surface area contributed by atoms with Gasteiger partial charge in [-0.3, -0.25) is 4.79 Å². The van der Waals surface area contributed by atoms with Crippen LogP contribution < -0.4 is 10.1 Å². The van der Waals surface area contributed by atoms with E-state index in [9.17, 15) is 9.18 Å². The lowest BCUT2D eigenvalue weighted by molar-refractivity contribution is -0.113. The third kappa shape index (κ3) is 4.69. The van der Waals surface area contributed by atoms with Crippen LogP contribution in [-0.4, -0.2) is 21.6 Å². The second-order valence-electron chi connectivity index (χ2n) is 7.35. The third-order valence-corrected chi connectivity index (χ3v) is 6.42. The van der Waals surface area contributed by atoms with E-state index in [1.165, 1.54) is 23.9 Å². The van der Waals surface area contributed by atoms with Crippen LogP contribution in [0.25, 0.3) is 11.4 Å². The summed E-state index contributed by atoms with van der Waals surface area (Å²) < 4.78 is 19.5. The van der Waals surface area contributed by atoms with E-state index in [0.717, 1.165) is 16.9 Å². The van der Waals surface area contributed by atoms with E-state index in [4.69, 9.17) is 21.3 Å². The number of carbonyl (C=O) groups excluding carboxylic acids is 1. The highest BCUT2D eigenvalue weighted by atomic mass is 35.5. The maximum atomic E-state index is 13.4. The van der Waals surface area contributed by atoms with Gasteiger partial charge in [-0.25, -0.2) is 9.37 Å². The normalized spacial score (nSPS) is 11.8. The van der Waals surface area contributed by atoms with Gasteiger partial charge in [0.15, 0.2) is 5.82 Å². The molecule has 3 aromatic carbocycles. The first kappa shape index (κ1) is 21.4. The fraction of sp³-hybridized carbons (Fsp3) is 0.0800. The maximum Gasteiger partial charge on any atom is 0.234 e. The summed E-state index contributed by atoms with van der Waals surface area (Å²) in [4.78, 5) is 21.9.